The molecule has 1 amide bonds. The van der Waals surface area contributed by atoms with Gasteiger partial charge in [-0.05, 0) is 42.6 Å². The molecule has 1 unspecified atom stereocenters. The van der Waals surface area contributed by atoms with Crippen LogP contribution in [0.15, 0.2) is 60.5 Å². The third kappa shape index (κ3) is 3.49. The highest BCUT2D eigenvalue weighted by molar-refractivity contribution is 7.09. The Labute approximate surface area is 145 Å². The quantitative estimate of drug-likeness (QED) is 0.686. The number of benzene rings is 1. The maximum atomic E-state index is 13.1. The van der Waals surface area contributed by atoms with E-state index in [9.17, 15) is 4.79 Å². The van der Waals surface area contributed by atoms with Crippen LogP contribution in [0, 0.1) is 0 Å². The van der Waals surface area contributed by atoms with E-state index in [1.807, 2.05) is 53.3 Å². The molecule has 3 aromatic rings. The summed E-state index contributed by atoms with van der Waals surface area (Å²) in [6.07, 6.45) is 5.15. The monoisotopic (exact) mass is 341 g/mol. The number of amides is 1. The number of carbonyl (C=O) groups excluding carboxylic acids is 1. The van der Waals surface area contributed by atoms with Crippen molar-refractivity contribution >= 4 is 22.9 Å². The second-order valence-corrected chi connectivity index (χ2v) is 6.42. The number of ether oxygens (including phenoxy) is 1. The highest BCUT2D eigenvalue weighted by Gasteiger charge is 2.23. The molecule has 2 heterocycles. The number of nitrogens with zero attached hydrogens (tertiary/aromatic N) is 3. The number of anilines is 1. The van der Waals surface area contributed by atoms with Gasteiger partial charge in [0.05, 0.1) is 20.0 Å². The molecule has 0 aliphatic rings. The number of methoxy groups -OCH3 is 1. The first kappa shape index (κ1) is 16.3. The van der Waals surface area contributed by atoms with Gasteiger partial charge in [-0.15, -0.1) is 11.3 Å². The fraction of sp³-hybridized carbons (Fsp3) is 0.222. The summed E-state index contributed by atoms with van der Waals surface area (Å²) in [6, 6.07) is 11.3. The molecule has 0 radical (unpaired) electrons. The normalized spacial score (nSPS) is 11.9. The molecule has 2 aromatic heterocycles. The fourth-order valence-corrected chi connectivity index (χ4v) is 3.16. The van der Waals surface area contributed by atoms with E-state index >= 15 is 0 Å². The lowest BCUT2D eigenvalue weighted by atomic mass is 10.2. The van der Waals surface area contributed by atoms with Gasteiger partial charge < -0.3 is 14.2 Å². The molecule has 0 bridgehead atoms. The molecular weight excluding hydrogens is 322 g/mol. The maximum Gasteiger partial charge on any atom is 0.250 e. The Bertz CT molecular complexity index is 767. The minimum Gasteiger partial charge on any atom is -0.497 e. The lowest BCUT2D eigenvalue weighted by molar-refractivity contribution is -0.121. The minimum absolute atomic E-state index is 0.0200. The van der Waals surface area contributed by atoms with E-state index in [0.29, 0.717) is 6.54 Å². The van der Waals surface area contributed by atoms with Gasteiger partial charge in [0.15, 0.2) is 0 Å². The van der Waals surface area contributed by atoms with Crippen LogP contribution in [0.4, 0.5) is 5.69 Å². The van der Waals surface area contributed by atoms with Gasteiger partial charge in [0, 0.05) is 23.0 Å². The summed E-state index contributed by atoms with van der Waals surface area (Å²) in [5.41, 5.74) is 0.848. The van der Waals surface area contributed by atoms with Crippen molar-refractivity contribution in [3.63, 3.8) is 0 Å². The minimum atomic E-state index is -0.324. The van der Waals surface area contributed by atoms with Crippen molar-refractivity contribution in [2.24, 2.45) is 0 Å². The van der Waals surface area contributed by atoms with Crippen LogP contribution >= 0.6 is 11.3 Å². The number of hydrogen-bond acceptors (Lipinski definition) is 4. The predicted octanol–water partition coefficient (Wildman–Crippen LogP) is 3.75. The van der Waals surface area contributed by atoms with Gasteiger partial charge in [0.25, 0.3) is 0 Å². The Morgan fingerprint density at radius 2 is 2.12 bits per heavy atom. The Morgan fingerprint density at radius 3 is 2.71 bits per heavy atom. The van der Waals surface area contributed by atoms with Crippen LogP contribution in [0.2, 0.25) is 0 Å². The van der Waals surface area contributed by atoms with Gasteiger partial charge in [-0.2, -0.15) is 0 Å². The highest BCUT2D eigenvalue weighted by atomic mass is 32.1. The third-order valence-corrected chi connectivity index (χ3v) is 4.73. The zero-order valence-corrected chi connectivity index (χ0v) is 14.4. The fourth-order valence-electron chi connectivity index (χ4n) is 2.47. The van der Waals surface area contributed by atoms with Crippen molar-refractivity contribution < 1.29 is 9.53 Å². The molecular formula is C18H19N3O2S. The SMILES string of the molecule is COc1ccc(N(Cc2cccs2)C(=O)C(C)n2ccnc2)cc1. The molecule has 0 aliphatic heterocycles. The summed E-state index contributed by atoms with van der Waals surface area (Å²) in [6.45, 7) is 2.43. The molecule has 0 fully saturated rings. The molecule has 24 heavy (non-hydrogen) atoms. The molecule has 0 saturated carbocycles. The lowest BCUT2D eigenvalue weighted by Crippen LogP contribution is -2.35. The lowest BCUT2D eigenvalue weighted by Gasteiger charge is -2.26. The average molecular weight is 341 g/mol. The predicted molar refractivity (Wildman–Crippen MR) is 95.4 cm³/mol. The Morgan fingerprint density at radius 1 is 1.33 bits per heavy atom. The van der Waals surface area contributed by atoms with Crippen LogP contribution in [0.3, 0.4) is 0 Å². The topological polar surface area (TPSA) is 47.4 Å². The van der Waals surface area contributed by atoms with Crippen LogP contribution in [0.25, 0.3) is 0 Å². The van der Waals surface area contributed by atoms with Crippen LogP contribution in [0.5, 0.6) is 5.75 Å². The first-order valence-corrected chi connectivity index (χ1v) is 8.52. The summed E-state index contributed by atoms with van der Waals surface area (Å²) in [5, 5.41) is 2.02. The molecule has 6 heteroatoms. The van der Waals surface area contributed by atoms with E-state index < -0.39 is 0 Å². The van der Waals surface area contributed by atoms with Gasteiger partial charge in [0.1, 0.15) is 11.8 Å². The van der Waals surface area contributed by atoms with Crippen molar-refractivity contribution in [2.75, 3.05) is 12.0 Å². The van der Waals surface area contributed by atoms with Crippen LogP contribution in [-0.4, -0.2) is 22.6 Å². The first-order chi connectivity index (χ1) is 11.7. The number of imidazole rings is 1. The van der Waals surface area contributed by atoms with Crippen LogP contribution in [-0.2, 0) is 11.3 Å². The standard InChI is InChI=1S/C18H19N3O2S/c1-14(20-10-9-19-13-20)18(22)21(12-17-4-3-11-24-17)15-5-7-16(23-2)8-6-15/h3-11,13-14H,12H2,1-2H3. The molecule has 0 saturated heterocycles. The van der Waals surface area contributed by atoms with Crippen molar-refractivity contribution in [3.8, 4) is 5.75 Å². The maximum absolute atomic E-state index is 13.1. The first-order valence-electron chi connectivity index (χ1n) is 7.64. The second kappa shape index (κ2) is 7.31. The van der Waals surface area contributed by atoms with Crippen molar-refractivity contribution in [3.05, 3.63) is 65.4 Å². The van der Waals surface area contributed by atoms with Crippen molar-refractivity contribution in [1.29, 1.82) is 0 Å². The molecule has 1 atom stereocenters. The van der Waals surface area contributed by atoms with E-state index in [0.717, 1.165) is 16.3 Å². The number of rotatable bonds is 6. The van der Waals surface area contributed by atoms with Gasteiger partial charge in [0.2, 0.25) is 5.91 Å². The van der Waals surface area contributed by atoms with Crippen LogP contribution in [0.1, 0.15) is 17.8 Å². The molecule has 0 spiro atoms. The van der Waals surface area contributed by atoms with E-state index in [2.05, 4.69) is 4.98 Å². The number of aromatic nitrogens is 2. The summed E-state index contributed by atoms with van der Waals surface area (Å²) in [4.78, 5) is 20.0. The zero-order chi connectivity index (χ0) is 16.9. The number of hydrogen-bond donors (Lipinski definition) is 0. The van der Waals surface area contributed by atoms with Crippen LogP contribution < -0.4 is 9.64 Å². The van der Waals surface area contributed by atoms with Gasteiger partial charge in [-0.1, -0.05) is 6.07 Å². The molecule has 124 valence electrons. The van der Waals surface area contributed by atoms with E-state index in [4.69, 9.17) is 4.74 Å². The molecule has 0 aliphatic carbocycles. The zero-order valence-electron chi connectivity index (χ0n) is 13.6. The summed E-state index contributed by atoms with van der Waals surface area (Å²) >= 11 is 1.64. The number of thiophene rings is 1. The molecule has 3 rings (SSSR count). The van der Waals surface area contributed by atoms with E-state index in [1.165, 1.54) is 0 Å². The van der Waals surface area contributed by atoms with E-state index in [1.54, 1.807) is 42.1 Å². The highest BCUT2D eigenvalue weighted by Crippen LogP contribution is 2.25. The van der Waals surface area contributed by atoms with Gasteiger partial charge >= 0.3 is 0 Å². The van der Waals surface area contributed by atoms with Gasteiger partial charge in [-0.3, -0.25) is 4.79 Å². The van der Waals surface area contributed by atoms with Crippen molar-refractivity contribution in [2.45, 2.75) is 19.5 Å². The van der Waals surface area contributed by atoms with Crippen molar-refractivity contribution in [1.82, 2.24) is 9.55 Å². The molecule has 0 N–H and O–H groups in total. The van der Waals surface area contributed by atoms with Gasteiger partial charge in [-0.25, -0.2) is 4.98 Å². The Kier molecular flexibility index (Phi) is 4.96. The molecule has 5 nitrogen and oxygen atoms in total. The summed E-state index contributed by atoms with van der Waals surface area (Å²) in [5.74, 6) is 0.788. The largest absolute Gasteiger partial charge is 0.497 e. The van der Waals surface area contributed by atoms with E-state index in [-0.39, 0.29) is 11.9 Å². The summed E-state index contributed by atoms with van der Waals surface area (Å²) in [7, 11) is 1.63. The Balaban J connectivity index is 1.89. The molecule has 1 aromatic carbocycles. The smallest absolute Gasteiger partial charge is 0.250 e. The third-order valence-electron chi connectivity index (χ3n) is 3.87. The number of carbonyl (C=O) groups is 1. The average Bonchev–Trinajstić information content (AvgIpc) is 3.32. The Hall–Kier alpha value is -2.60. The summed E-state index contributed by atoms with van der Waals surface area (Å²) < 4.78 is 7.02. The second-order valence-electron chi connectivity index (χ2n) is 5.39.